The molecule has 2 saturated heterocycles. The number of hydrogen-bond acceptors (Lipinski definition) is 4. The zero-order valence-electron chi connectivity index (χ0n) is 8.19. The van der Waals surface area contributed by atoms with E-state index >= 15 is 0 Å². The maximum absolute atomic E-state index is 11.4. The van der Waals surface area contributed by atoms with Gasteiger partial charge in [0.25, 0.3) is 5.24 Å². The fourth-order valence-electron chi connectivity index (χ4n) is 1.41. The van der Waals surface area contributed by atoms with Crippen molar-refractivity contribution < 1.29 is 9.59 Å². The Hall–Kier alpha value is -0.460. The zero-order chi connectivity index (χ0) is 9.97. The monoisotopic (exact) mass is 251 g/mol. The molecule has 2 rings (SSSR count). The lowest BCUT2D eigenvalue weighted by Crippen LogP contribution is -2.58. The SMILES string of the molecule is Cl.O=C(CN1CCSC1=O)NC1CNC1. The van der Waals surface area contributed by atoms with Crippen molar-refractivity contribution in [1.82, 2.24) is 15.5 Å². The highest BCUT2D eigenvalue weighted by molar-refractivity contribution is 8.13. The minimum atomic E-state index is -0.0487. The standard InChI is InChI=1S/C8H13N3O2S.ClH/c12-7(10-6-3-9-4-6)5-11-1-2-14-8(11)13;/h6,9H,1-5H2,(H,10,12);1H. The minimum absolute atomic E-state index is 0. The van der Waals surface area contributed by atoms with E-state index in [4.69, 9.17) is 0 Å². The van der Waals surface area contributed by atoms with E-state index in [1.165, 1.54) is 11.8 Å². The molecular weight excluding hydrogens is 238 g/mol. The Balaban J connectivity index is 0.00000112. The summed E-state index contributed by atoms with van der Waals surface area (Å²) < 4.78 is 0. The quantitative estimate of drug-likeness (QED) is 0.721. The van der Waals surface area contributed by atoms with E-state index in [-0.39, 0.29) is 36.1 Å². The number of carbonyl (C=O) groups excluding carboxylic acids is 2. The maximum atomic E-state index is 11.4. The van der Waals surface area contributed by atoms with Crippen LogP contribution in [0.15, 0.2) is 0 Å². The highest BCUT2D eigenvalue weighted by Gasteiger charge is 2.25. The Morgan fingerprint density at radius 1 is 1.60 bits per heavy atom. The number of carbonyl (C=O) groups is 2. The molecule has 0 aromatic carbocycles. The highest BCUT2D eigenvalue weighted by atomic mass is 35.5. The molecule has 0 radical (unpaired) electrons. The molecule has 5 nitrogen and oxygen atoms in total. The second-order valence-electron chi connectivity index (χ2n) is 3.46. The van der Waals surface area contributed by atoms with E-state index < -0.39 is 0 Å². The first-order chi connectivity index (χ1) is 6.75. The van der Waals surface area contributed by atoms with Crippen molar-refractivity contribution in [2.45, 2.75) is 6.04 Å². The zero-order valence-corrected chi connectivity index (χ0v) is 9.83. The van der Waals surface area contributed by atoms with Crippen LogP contribution in [0.2, 0.25) is 0 Å². The van der Waals surface area contributed by atoms with Crippen molar-refractivity contribution in [2.24, 2.45) is 0 Å². The molecule has 2 N–H and O–H groups in total. The van der Waals surface area contributed by atoms with Crippen LogP contribution in [0.3, 0.4) is 0 Å². The van der Waals surface area contributed by atoms with Crippen LogP contribution in [0.1, 0.15) is 0 Å². The first-order valence-electron chi connectivity index (χ1n) is 4.67. The summed E-state index contributed by atoms with van der Waals surface area (Å²) >= 11 is 1.28. The summed E-state index contributed by atoms with van der Waals surface area (Å²) in [5.74, 6) is 0.754. The average Bonchev–Trinajstić information content (AvgIpc) is 2.45. The summed E-state index contributed by atoms with van der Waals surface area (Å²) in [5, 5.41) is 5.95. The smallest absolute Gasteiger partial charge is 0.282 e. The number of amides is 2. The van der Waals surface area contributed by atoms with Gasteiger partial charge in [0, 0.05) is 25.4 Å². The lowest BCUT2D eigenvalue weighted by molar-refractivity contribution is -0.122. The number of halogens is 1. The summed E-state index contributed by atoms with van der Waals surface area (Å²) in [7, 11) is 0. The van der Waals surface area contributed by atoms with Gasteiger partial charge in [-0.05, 0) is 0 Å². The Morgan fingerprint density at radius 2 is 2.33 bits per heavy atom. The molecule has 2 fully saturated rings. The van der Waals surface area contributed by atoms with Crippen LogP contribution in [0.4, 0.5) is 4.79 Å². The summed E-state index contributed by atoms with van der Waals surface area (Å²) in [5.41, 5.74) is 0. The van der Waals surface area contributed by atoms with E-state index in [2.05, 4.69) is 10.6 Å². The van der Waals surface area contributed by atoms with Gasteiger partial charge in [-0.3, -0.25) is 9.59 Å². The molecule has 86 valence electrons. The Labute approximate surface area is 98.7 Å². The number of rotatable bonds is 3. The summed E-state index contributed by atoms with van der Waals surface area (Å²) in [6.07, 6.45) is 0. The van der Waals surface area contributed by atoms with Crippen molar-refractivity contribution in [1.29, 1.82) is 0 Å². The second-order valence-corrected chi connectivity index (χ2v) is 4.50. The van der Waals surface area contributed by atoms with E-state index in [1.54, 1.807) is 4.90 Å². The molecular formula is C8H14ClN3O2S. The number of hydrogen-bond donors (Lipinski definition) is 2. The van der Waals surface area contributed by atoms with Gasteiger partial charge in [0.2, 0.25) is 5.91 Å². The van der Waals surface area contributed by atoms with Crippen molar-refractivity contribution in [3.63, 3.8) is 0 Å². The summed E-state index contributed by atoms with van der Waals surface area (Å²) in [6, 6.07) is 0.257. The summed E-state index contributed by atoms with van der Waals surface area (Å²) in [4.78, 5) is 24.2. The van der Waals surface area contributed by atoms with Crippen molar-refractivity contribution >= 4 is 35.3 Å². The molecule has 0 saturated carbocycles. The van der Waals surface area contributed by atoms with Crippen molar-refractivity contribution in [2.75, 3.05) is 31.9 Å². The van der Waals surface area contributed by atoms with Gasteiger partial charge in [-0.25, -0.2) is 0 Å². The van der Waals surface area contributed by atoms with Crippen LogP contribution in [0.25, 0.3) is 0 Å². The van der Waals surface area contributed by atoms with Crippen LogP contribution in [-0.4, -0.2) is 54.0 Å². The third kappa shape index (κ3) is 3.25. The van der Waals surface area contributed by atoms with Crippen LogP contribution in [0, 0.1) is 0 Å². The normalized spacial score (nSPS) is 20.8. The molecule has 2 aliphatic rings. The number of nitrogens with zero attached hydrogens (tertiary/aromatic N) is 1. The van der Waals surface area contributed by atoms with Crippen molar-refractivity contribution in [3.8, 4) is 0 Å². The predicted octanol–water partition coefficient (Wildman–Crippen LogP) is -0.335. The molecule has 0 aromatic heterocycles. The van der Waals surface area contributed by atoms with Gasteiger partial charge in [0.05, 0.1) is 6.04 Å². The van der Waals surface area contributed by atoms with E-state index in [0.29, 0.717) is 6.54 Å². The molecule has 15 heavy (non-hydrogen) atoms. The molecule has 2 heterocycles. The largest absolute Gasteiger partial charge is 0.349 e. The van der Waals surface area contributed by atoms with Gasteiger partial charge in [-0.2, -0.15) is 0 Å². The molecule has 2 amide bonds. The van der Waals surface area contributed by atoms with Gasteiger partial charge in [-0.15, -0.1) is 12.4 Å². The van der Waals surface area contributed by atoms with E-state index in [1.807, 2.05) is 0 Å². The van der Waals surface area contributed by atoms with Gasteiger partial charge < -0.3 is 15.5 Å². The molecule has 7 heteroatoms. The second kappa shape index (κ2) is 5.58. The van der Waals surface area contributed by atoms with Crippen LogP contribution >= 0.6 is 24.2 Å². The maximum Gasteiger partial charge on any atom is 0.282 e. The van der Waals surface area contributed by atoms with E-state index in [9.17, 15) is 9.59 Å². The third-order valence-electron chi connectivity index (χ3n) is 2.33. The van der Waals surface area contributed by atoms with Crippen molar-refractivity contribution in [3.05, 3.63) is 0 Å². The molecule has 0 unspecified atom stereocenters. The fourth-order valence-corrected chi connectivity index (χ4v) is 2.23. The fraction of sp³-hybridized carbons (Fsp3) is 0.750. The van der Waals surface area contributed by atoms with Crippen LogP contribution < -0.4 is 10.6 Å². The van der Waals surface area contributed by atoms with E-state index in [0.717, 1.165) is 18.8 Å². The highest BCUT2D eigenvalue weighted by Crippen LogP contribution is 2.16. The minimum Gasteiger partial charge on any atom is -0.349 e. The van der Waals surface area contributed by atoms with Gasteiger partial charge in [0.1, 0.15) is 6.54 Å². The third-order valence-corrected chi connectivity index (χ3v) is 3.22. The Kier molecular flexibility index (Phi) is 4.69. The molecule has 0 aliphatic carbocycles. The van der Waals surface area contributed by atoms with Gasteiger partial charge >= 0.3 is 0 Å². The average molecular weight is 252 g/mol. The molecule has 2 aliphatic heterocycles. The van der Waals surface area contributed by atoms with Crippen LogP contribution in [0.5, 0.6) is 0 Å². The topological polar surface area (TPSA) is 61.4 Å². The summed E-state index contributed by atoms with van der Waals surface area (Å²) in [6.45, 7) is 2.59. The van der Waals surface area contributed by atoms with Gasteiger partial charge in [-0.1, -0.05) is 11.8 Å². The number of thioether (sulfide) groups is 1. The lowest BCUT2D eigenvalue weighted by Gasteiger charge is -2.28. The Morgan fingerprint density at radius 3 is 2.80 bits per heavy atom. The first-order valence-corrected chi connectivity index (χ1v) is 5.66. The van der Waals surface area contributed by atoms with Gasteiger partial charge in [0.15, 0.2) is 0 Å². The molecule has 0 aromatic rings. The van der Waals surface area contributed by atoms with Crippen LogP contribution in [-0.2, 0) is 4.79 Å². The Bertz CT molecular complexity index is 260. The first kappa shape index (κ1) is 12.6. The molecule has 0 spiro atoms. The lowest BCUT2D eigenvalue weighted by atomic mass is 10.2. The molecule has 0 bridgehead atoms. The number of nitrogens with one attached hydrogen (secondary N) is 2. The predicted molar refractivity (Wildman–Crippen MR) is 61.5 cm³/mol. The molecule has 0 atom stereocenters.